The number of piperazine rings is 1. The Bertz CT molecular complexity index is 745. The minimum Gasteiger partial charge on any atom is -0.492 e. The summed E-state index contributed by atoms with van der Waals surface area (Å²) in [4.78, 5) is 16.0. The molecule has 26 heavy (non-hydrogen) atoms. The quantitative estimate of drug-likeness (QED) is 0.837. The van der Waals surface area contributed by atoms with Crippen molar-refractivity contribution in [1.82, 2.24) is 10.2 Å². The van der Waals surface area contributed by atoms with E-state index in [0.717, 1.165) is 11.3 Å². The molecule has 0 spiro atoms. The average molecular weight is 357 g/mol. The van der Waals surface area contributed by atoms with Gasteiger partial charge in [0.05, 0.1) is 12.2 Å². The Hall–Kier alpha value is -2.76. The van der Waals surface area contributed by atoms with E-state index in [2.05, 4.69) is 5.32 Å². The van der Waals surface area contributed by atoms with Gasteiger partial charge in [0.15, 0.2) is 0 Å². The normalized spacial score (nSPS) is 14.2. The number of anilines is 1. The summed E-state index contributed by atoms with van der Waals surface area (Å²) >= 11 is 0. The van der Waals surface area contributed by atoms with Crippen molar-refractivity contribution in [1.29, 1.82) is 0 Å². The minimum absolute atomic E-state index is 0.106. The Morgan fingerprint density at radius 2 is 1.88 bits per heavy atom. The number of nitrogens with zero attached hydrogens (tertiary/aromatic N) is 2. The zero-order valence-electron chi connectivity index (χ0n) is 15.0. The van der Waals surface area contributed by atoms with Crippen molar-refractivity contribution in [2.24, 2.45) is 0 Å². The number of halogens is 1. The second-order valence-electron chi connectivity index (χ2n) is 6.32. The molecule has 1 heterocycles. The van der Waals surface area contributed by atoms with Crippen LogP contribution in [0, 0.1) is 12.7 Å². The Morgan fingerprint density at radius 3 is 2.62 bits per heavy atom. The van der Waals surface area contributed by atoms with Gasteiger partial charge in [-0.2, -0.15) is 0 Å². The molecule has 6 heteroatoms. The lowest BCUT2D eigenvalue weighted by atomic mass is 10.2. The molecule has 0 aromatic heterocycles. The number of benzene rings is 2. The van der Waals surface area contributed by atoms with Crippen molar-refractivity contribution in [3.05, 3.63) is 59.9 Å². The van der Waals surface area contributed by atoms with Crippen molar-refractivity contribution >= 4 is 11.7 Å². The molecule has 0 atom stereocenters. The molecule has 1 N–H and O–H groups in total. The third-order valence-corrected chi connectivity index (χ3v) is 4.40. The fourth-order valence-electron chi connectivity index (χ4n) is 3.00. The van der Waals surface area contributed by atoms with Crippen LogP contribution in [0.4, 0.5) is 14.9 Å². The molecule has 138 valence electrons. The summed E-state index contributed by atoms with van der Waals surface area (Å²) in [6.45, 7) is 5.25. The van der Waals surface area contributed by atoms with Gasteiger partial charge in [-0.25, -0.2) is 9.18 Å². The maximum absolute atomic E-state index is 13.9. The van der Waals surface area contributed by atoms with Crippen LogP contribution in [0.3, 0.4) is 0 Å². The molecular formula is C20H24FN3O2. The van der Waals surface area contributed by atoms with Crippen LogP contribution in [0.1, 0.15) is 5.56 Å². The van der Waals surface area contributed by atoms with E-state index in [-0.39, 0.29) is 11.8 Å². The van der Waals surface area contributed by atoms with Gasteiger partial charge < -0.3 is 19.9 Å². The van der Waals surface area contributed by atoms with Gasteiger partial charge in [0.25, 0.3) is 0 Å². The first-order valence-corrected chi connectivity index (χ1v) is 8.85. The number of amides is 2. The molecule has 0 unspecified atom stereocenters. The van der Waals surface area contributed by atoms with E-state index < -0.39 is 0 Å². The van der Waals surface area contributed by atoms with E-state index in [1.54, 1.807) is 17.0 Å². The summed E-state index contributed by atoms with van der Waals surface area (Å²) in [5.41, 5.74) is 1.73. The zero-order chi connectivity index (χ0) is 18.4. The Balaban J connectivity index is 1.39. The number of hydrogen-bond acceptors (Lipinski definition) is 3. The van der Waals surface area contributed by atoms with Crippen molar-refractivity contribution in [2.45, 2.75) is 6.92 Å². The molecule has 2 amide bonds. The van der Waals surface area contributed by atoms with Crippen LogP contribution in [0.15, 0.2) is 48.5 Å². The third-order valence-electron chi connectivity index (χ3n) is 4.40. The van der Waals surface area contributed by atoms with E-state index in [4.69, 9.17) is 4.74 Å². The van der Waals surface area contributed by atoms with Gasteiger partial charge in [0.1, 0.15) is 18.2 Å². The van der Waals surface area contributed by atoms with Gasteiger partial charge in [0.2, 0.25) is 0 Å². The number of carbonyl (C=O) groups excluding carboxylic acids is 1. The SMILES string of the molecule is Cc1cccc(OCCNC(=O)N2CCN(c3ccccc3F)CC2)c1. The molecular weight excluding hydrogens is 333 g/mol. The molecule has 1 saturated heterocycles. The van der Waals surface area contributed by atoms with Gasteiger partial charge in [0, 0.05) is 26.2 Å². The van der Waals surface area contributed by atoms with Crippen LogP contribution < -0.4 is 15.0 Å². The number of para-hydroxylation sites is 1. The van der Waals surface area contributed by atoms with Crippen molar-refractivity contribution in [3.63, 3.8) is 0 Å². The molecule has 1 aliphatic rings. The average Bonchev–Trinajstić information content (AvgIpc) is 2.66. The summed E-state index contributed by atoms with van der Waals surface area (Å²) in [7, 11) is 0. The van der Waals surface area contributed by atoms with Crippen LogP contribution in [0.5, 0.6) is 5.75 Å². The number of aryl methyl sites for hydroxylation is 1. The van der Waals surface area contributed by atoms with E-state index in [9.17, 15) is 9.18 Å². The number of carbonyl (C=O) groups is 1. The van der Waals surface area contributed by atoms with Crippen LogP contribution in [-0.4, -0.2) is 50.3 Å². The lowest BCUT2D eigenvalue weighted by molar-refractivity contribution is 0.191. The maximum atomic E-state index is 13.9. The first-order chi connectivity index (χ1) is 12.6. The van der Waals surface area contributed by atoms with Crippen LogP contribution in [-0.2, 0) is 0 Å². The van der Waals surface area contributed by atoms with Crippen molar-refractivity contribution in [2.75, 3.05) is 44.2 Å². The summed E-state index contributed by atoms with van der Waals surface area (Å²) in [6.07, 6.45) is 0. The largest absolute Gasteiger partial charge is 0.492 e. The zero-order valence-corrected chi connectivity index (χ0v) is 15.0. The van der Waals surface area contributed by atoms with E-state index >= 15 is 0 Å². The lowest BCUT2D eigenvalue weighted by Crippen LogP contribution is -2.52. The molecule has 3 rings (SSSR count). The summed E-state index contributed by atoms with van der Waals surface area (Å²) in [6, 6.07) is 14.4. The van der Waals surface area contributed by atoms with Gasteiger partial charge in [-0.05, 0) is 36.8 Å². The minimum atomic E-state index is -0.223. The Labute approximate surface area is 153 Å². The van der Waals surface area contributed by atoms with E-state index in [0.29, 0.717) is 45.0 Å². The van der Waals surface area contributed by atoms with Crippen molar-refractivity contribution in [3.8, 4) is 5.75 Å². The first kappa shape index (κ1) is 18.0. The van der Waals surface area contributed by atoms with Crippen molar-refractivity contribution < 1.29 is 13.9 Å². The predicted octanol–water partition coefficient (Wildman–Crippen LogP) is 3.04. The fraction of sp³-hybridized carbons (Fsp3) is 0.350. The summed E-state index contributed by atoms with van der Waals surface area (Å²) in [5, 5.41) is 2.87. The number of hydrogen-bond donors (Lipinski definition) is 1. The molecule has 2 aromatic carbocycles. The first-order valence-electron chi connectivity index (χ1n) is 8.85. The second kappa shape index (κ2) is 8.56. The van der Waals surface area contributed by atoms with Gasteiger partial charge in [-0.15, -0.1) is 0 Å². The highest BCUT2D eigenvalue weighted by Crippen LogP contribution is 2.20. The molecule has 0 saturated carbocycles. The molecule has 5 nitrogen and oxygen atoms in total. The highest BCUT2D eigenvalue weighted by molar-refractivity contribution is 5.74. The number of nitrogens with one attached hydrogen (secondary N) is 1. The third kappa shape index (κ3) is 4.65. The van der Waals surface area contributed by atoms with Crippen LogP contribution in [0.25, 0.3) is 0 Å². The smallest absolute Gasteiger partial charge is 0.317 e. The van der Waals surface area contributed by atoms with Gasteiger partial charge in [-0.1, -0.05) is 24.3 Å². The monoisotopic (exact) mass is 357 g/mol. The molecule has 0 bridgehead atoms. The molecule has 0 aliphatic carbocycles. The van der Waals surface area contributed by atoms with Gasteiger partial charge >= 0.3 is 6.03 Å². The fourth-order valence-corrected chi connectivity index (χ4v) is 3.00. The maximum Gasteiger partial charge on any atom is 0.317 e. The topological polar surface area (TPSA) is 44.8 Å². The molecule has 1 aliphatic heterocycles. The van der Waals surface area contributed by atoms with Crippen LogP contribution in [0.2, 0.25) is 0 Å². The van der Waals surface area contributed by atoms with Gasteiger partial charge in [-0.3, -0.25) is 0 Å². The summed E-state index contributed by atoms with van der Waals surface area (Å²) < 4.78 is 19.5. The number of rotatable bonds is 5. The van der Waals surface area contributed by atoms with Crippen LogP contribution >= 0.6 is 0 Å². The lowest BCUT2D eigenvalue weighted by Gasteiger charge is -2.36. The molecule has 1 fully saturated rings. The number of urea groups is 1. The van der Waals surface area contributed by atoms with E-state index in [1.807, 2.05) is 42.2 Å². The summed E-state index contributed by atoms with van der Waals surface area (Å²) in [5.74, 6) is 0.580. The standard InChI is InChI=1S/C20H24FN3O2/c1-16-5-4-6-17(15-16)26-14-9-22-20(25)24-12-10-23(11-13-24)19-8-3-2-7-18(19)21/h2-8,15H,9-14H2,1H3,(H,22,25). The molecule has 2 aromatic rings. The Morgan fingerprint density at radius 1 is 1.12 bits per heavy atom. The highest BCUT2D eigenvalue weighted by Gasteiger charge is 2.22. The Kier molecular flexibility index (Phi) is 5.94. The number of ether oxygens (including phenoxy) is 1. The van der Waals surface area contributed by atoms with E-state index in [1.165, 1.54) is 6.07 Å². The predicted molar refractivity (Wildman–Crippen MR) is 100 cm³/mol. The molecule has 0 radical (unpaired) electrons. The highest BCUT2D eigenvalue weighted by atomic mass is 19.1. The second-order valence-corrected chi connectivity index (χ2v) is 6.32.